The number of hydrogen-bond donors (Lipinski definition) is 2. The van der Waals surface area contributed by atoms with E-state index in [1.807, 2.05) is 4.72 Å². The van der Waals surface area contributed by atoms with Crippen LogP contribution < -0.4 is 24.2 Å². The van der Waals surface area contributed by atoms with E-state index < -0.39 is 27.6 Å². The van der Waals surface area contributed by atoms with Gasteiger partial charge in [0.25, 0.3) is 0 Å². The first-order chi connectivity index (χ1) is 17.3. The number of aromatic nitrogens is 1. The summed E-state index contributed by atoms with van der Waals surface area (Å²) in [4.78, 5) is 16.5. The van der Waals surface area contributed by atoms with Crippen molar-refractivity contribution >= 4 is 32.6 Å². The summed E-state index contributed by atoms with van der Waals surface area (Å²) in [6.07, 6.45) is 1.61. The zero-order valence-electron chi connectivity index (χ0n) is 19.3. The maximum absolute atomic E-state index is 13.0. The molecule has 2 amide bonds. The van der Waals surface area contributed by atoms with Gasteiger partial charge >= 0.3 is 6.03 Å². The molecule has 2 N–H and O–H groups in total. The second-order valence-electron chi connectivity index (χ2n) is 7.60. The molecule has 4 rings (SSSR count). The summed E-state index contributed by atoms with van der Waals surface area (Å²) in [5.41, 5.74) is 1.35. The van der Waals surface area contributed by atoms with E-state index in [0.29, 0.717) is 45.2 Å². The summed E-state index contributed by atoms with van der Waals surface area (Å²) in [7, 11) is -0.901. The Hall–Kier alpha value is -4.38. The van der Waals surface area contributed by atoms with E-state index in [-0.39, 0.29) is 0 Å². The molecule has 1 heterocycles. The van der Waals surface area contributed by atoms with Crippen LogP contribution in [0.1, 0.15) is 5.56 Å². The Kier molecular flexibility index (Phi) is 7.20. The number of nitrogens with zero attached hydrogens (tertiary/aromatic N) is 1. The van der Waals surface area contributed by atoms with Gasteiger partial charge in [-0.25, -0.2) is 22.3 Å². The number of methoxy groups -OCH3 is 2. The van der Waals surface area contributed by atoms with Crippen LogP contribution in [-0.4, -0.2) is 33.7 Å². The van der Waals surface area contributed by atoms with E-state index in [1.54, 1.807) is 55.8 Å². The van der Waals surface area contributed by atoms with Gasteiger partial charge in [-0.05, 0) is 54.1 Å². The van der Waals surface area contributed by atoms with Crippen molar-refractivity contribution in [1.29, 1.82) is 0 Å². The first-order valence-electron chi connectivity index (χ1n) is 10.6. The smallest absolute Gasteiger partial charge is 0.332 e. The van der Waals surface area contributed by atoms with Crippen LogP contribution in [0, 0.1) is 5.82 Å². The summed E-state index contributed by atoms with van der Waals surface area (Å²) >= 11 is 0. The minimum atomic E-state index is -3.98. The minimum Gasteiger partial charge on any atom is -0.493 e. The number of carbonyl (C=O) groups is 1. The number of sulfonamides is 1. The van der Waals surface area contributed by atoms with Crippen molar-refractivity contribution in [3.8, 4) is 23.0 Å². The fourth-order valence-corrected chi connectivity index (χ4v) is 4.44. The second-order valence-corrected chi connectivity index (χ2v) is 9.32. The number of nitrogens with one attached hydrogen (secondary N) is 2. The summed E-state index contributed by atoms with van der Waals surface area (Å²) < 4.78 is 56.1. The molecule has 0 atom stereocenters. The van der Waals surface area contributed by atoms with Gasteiger partial charge in [-0.1, -0.05) is 12.1 Å². The standard InChI is InChI=1S/C25H22FN3O6S/c1-33-23-13-20-21(14-24(23)34-2)27-12-11-22(20)35-19-9-7-18(8-10-19)28-25(30)29-36(31,32)15-16-3-5-17(26)6-4-16/h3-14H,15H2,1-2H3,(H2,28,29,30). The zero-order valence-corrected chi connectivity index (χ0v) is 20.1. The number of ether oxygens (including phenoxy) is 3. The molecule has 0 aliphatic heterocycles. The van der Waals surface area contributed by atoms with Gasteiger partial charge in [0.05, 0.1) is 25.5 Å². The van der Waals surface area contributed by atoms with Crippen molar-refractivity contribution in [2.75, 3.05) is 19.5 Å². The molecule has 11 heteroatoms. The monoisotopic (exact) mass is 511 g/mol. The lowest BCUT2D eigenvalue weighted by molar-refractivity contribution is 0.256. The Labute approximate surface area is 206 Å². The Bertz CT molecular complexity index is 1490. The molecule has 0 saturated heterocycles. The van der Waals surface area contributed by atoms with Crippen LogP contribution in [0.15, 0.2) is 72.9 Å². The Morgan fingerprint density at radius 1 is 0.917 bits per heavy atom. The minimum absolute atomic E-state index is 0.345. The Morgan fingerprint density at radius 2 is 1.58 bits per heavy atom. The summed E-state index contributed by atoms with van der Waals surface area (Å²) in [6, 6.07) is 15.6. The fraction of sp³-hybridized carbons (Fsp3) is 0.120. The highest BCUT2D eigenvalue weighted by Gasteiger charge is 2.16. The molecule has 0 unspecified atom stereocenters. The number of pyridine rings is 1. The van der Waals surface area contributed by atoms with Gasteiger partial charge in [0.15, 0.2) is 11.5 Å². The van der Waals surface area contributed by atoms with Crippen molar-refractivity contribution in [1.82, 2.24) is 9.71 Å². The molecule has 36 heavy (non-hydrogen) atoms. The highest BCUT2D eigenvalue weighted by molar-refractivity contribution is 7.89. The molecule has 0 saturated carbocycles. The number of benzene rings is 3. The van der Waals surface area contributed by atoms with E-state index in [0.717, 1.165) is 12.1 Å². The predicted molar refractivity (Wildman–Crippen MR) is 133 cm³/mol. The molecule has 0 radical (unpaired) electrons. The van der Waals surface area contributed by atoms with Crippen molar-refractivity contribution in [3.63, 3.8) is 0 Å². The lowest BCUT2D eigenvalue weighted by Crippen LogP contribution is -2.35. The average Bonchev–Trinajstić information content (AvgIpc) is 2.85. The maximum Gasteiger partial charge on any atom is 0.332 e. The molecule has 0 fully saturated rings. The normalized spacial score (nSPS) is 11.1. The van der Waals surface area contributed by atoms with Crippen LogP contribution >= 0.6 is 0 Å². The molecule has 0 spiro atoms. The SMILES string of the molecule is COc1cc2nccc(Oc3ccc(NC(=O)NS(=O)(=O)Cc4ccc(F)cc4)cc3)c2cc1OC. The molecule has 186 valence electrons. The van der Waals surface area contributed by atoms with Gasteiger partial charge in [0.1, 0.15) is 17.3 Å². The van der Waals surface area contributed by atoms with E-state index in [2.05, 4.69) is 10.3 Å². The van der Waals surface area contributed by atoms with Gasteiger partial charge in [-0.2, -0.15) is 0 Å². The first-order valence-corrected chi connectivity index (χ1v) is 12.3. The van der Waals surface area contributed by atoms with Gasteiger partial charge in [-0.3, -0.25) is 4.98 Å². The number of carbonyl (C=O) groups excluding carboxylic acids is 1. The van der Waals surface area contributed by atoms with Gasteiger partial charge in [-0.15, -0.1) is 0 Å². The van der Waals surface area contributed by atoms with Crippen molar-refractivity contribution in [2.24, 2.45) is 0 Å². The van der Waals surface area contributed by atoms with Crippen molar-refractivity contribution < 1.29 is 31.8 Å². The van der Waals surface area contributed by atoms with Crippen LogP contribution in [0.4, 0.5) is 14.9 Å². The van der Waals surface area contributed by atoms with Crippen molar-refractivity contribution in [3.05, 3.63) is 84.3 Å². The lowest BCUT2D eigenvalue weighted by Gasteiger charge is -2.13. The number of anilines is 1. The largest absolute Gasteiger partial charge is 0.493 e. The van der Waals surface area contributed by atoms with Crippen LogP contribution in [0.2, 0.25) is 0 Å². The van der Waals surface area contributed by atoms with Crippen LogP contribution in [0.5, 0.6) is 23.0 Å². The van der Waals surface area contributed by atoms with Crippen LogP contribution in [-0.2, 0) is 15.8 Å². The molecular weight excluding hydrogens is 489 g/mol. The number of rotatable bonds is 8. The van der Waals surface area contributed by atoms with Gasteiger partial charge in [0.2, 0.25) is 10.0 Å². The third-order valence-corrected chi connectivity index (χ3v) is 6.27. The van der Waals surface area contributed by atoms with Crippen molar-refractivity contribution in [2.45, 2.75) is 5.75 Å². The number of hydrogen-bond acceptors (Lipinski definition) is 7. The third kappa shape index (κ3) is 5.99. The average molecular weight is 512 g/mol. The molecule has 0 aliphatic rings. The van der Waals surface area contributed by atoms with Gasteiger partial charge < -0.3 is 19.5 Å². The summed E-state index contributed by atoms with van der Waals surface area (Å²) in [5.74, 6) is 1.14. The fourth-order valence-electron chi connectivity index (χ4n) is 3.40. The summed E-state index contributed by atoms with van der Waals surface area (Å²) in [6.45, 7) is 0. The summed E-state index contributed by atoms with van der Waals surface area (Å²) in [5, 5.41) is 3.17. The number of urea groups is 1. The molecule has 4 aromatic rings. The number of amides is 2. The number of fused-ring (bicyclic) bond motifs is 1. The molecule has 1 aromatic heterocycles. The molecule has 9 nitrogen and oxygen atoms in total. The molecule has 0 bridgehead atoms. The van der Waals surface area contributed by atoms with E-state index in [9.17, 15) is 17.6 Å². The molecule has 0 aliphatic carbocycles. The highest BCUT2D eigenvalue weighted by atomic mass is 32.2. The first kappa shape index (κ1) is 24.7. The number of halogens is 1. The van der Waals surface area contributed by atoms with Crippen LogP contribution in [0.3, 0.4) is 0 Å². The maximum atomic E-state index is 13.0. The Balaban J connectivity index is 1.42. The predicted octanol–water partition coefficient (Wildman–Crippen LogP) is 4.83. The lowest BCUT2D eigenvalue weighted by atomic mass is 10.2. The third-order valence-electron chi connectivity index (χ3n) is 5.07. The van der Waals surface area contributed by atoms with E-state index >= 15 is 0 Å². The van der Waals surface area contributed by atoms with E-state index in [1.165, 1.54) is 19.2 Å². The van der Waals surface area contributed by atoms with Crippen LogP contribution in [0.25, 0.3) is 10.9 Å². The Morgan fingerprint density at radius 3 is 2.25 bits per heavy atom. The quantitative estimate of drug-likeness (QED) is 0.348. The molecular formula is C25H22FN3O6S. The van der Waals surface area contributed by atoms with Gasteiger partial charge in [0, 0.05) is 23.3 Å². The highest BCUT2D eigenvalue weighted by Crippen LogP contribution is 2.36. The van der Waals surface area contributed by atoms with E-state index in [4.69, 9.17) is 14.2 Å². The zero-order chi connectivity index (χ0) is 25.7. The molecule has 3 aromatic carbocycles. The second kappa shape index (κ2) is 10.5. The topological polar surface area (TPSA) is 116 Å².